The van der Waals surface area contributed by atoms with Crippen LogP contribution in [-0.2, 0) is 28.5 Å². The minimum atomic E-state index is -1.40. The Morgan fingerprint density at radius 3 is 1.29 bits per heavy atom. The summed E-state index contributed by atoms with van der Waals surface area (Å²) in [5, 5.41) is 28.1. The third-order valence-electron chi connectivity index (χ3n) is 5.93. The summed E-state index contributed by atoms with van der Waals surface area (Å²) in [7, 11) is 0. The van der Waals surface area contributed by atoms with E-state index in [2.05, 4.69) is 34.6 Å². The van der Waals surface area contributed by atoms with Crippen molar-refractivity contribution in [2.75, 3.05) is 39.6 Å². The summed E-state index contributed by atoms with van der Waals surface area (Å²) in [5.74, 6) is -3.75. The van der Waals surface area contributed by atoms with E-state index >= 15 is 0 Å². The van der Waals surface area contributed by atoms with Crippen LogP contribution in [0.1, 0.15) is 128 Å². The maximum atomic E-state index is 12.8. The van der Waals surface area contributed by atoms with Gasteiger partial charge in [-0.25, -0.2) is 14.4 Å². The lowest BCUT2D eigenvalue weighted by Gasteiger charge is -2.27. The van der Waals surface area contributed by atoms with E-state index in [1.165, 1.54) is 34.1 Å². The highest BCUT2D eigenvalue weighted by molar-refractivity contribution is 6.00. The van der Waals surface area contributed by atoms with E-state index in [1.54, 1.807) is 27.7 Å². The average Bonchev–Trinajstić information content (AvgIpc) is 2.99. The molecule has 0 aliphatic carbocycles. The predicted octanol–water partition coefficient (Wildman–Crippen LogP) is 5.95. The molecule has 48 heavy (non-hydrogen) atoms. The van der Waals surface area contributed by atoms with Crippen molar-refractivity contribution in [1.82, 2.24) is 0 Å². The zero-order valence-electron chi connectivity index (χ0n) is 31.3. The van der Waals surface area contributed by atoms with Gasteiger partial charge in [-0.05, 0) is 51.8 Å². The molecule has 0 spiro atoms. The maximum absolute atomic E-state index is 12.8. The van der Waals surface area contributed by atoms with Crippen LogP contribution >= 0.6 is 0 Å². The molecule has 0 saturated heterocycles. The Morgan fingerprint density at radius 2 is 0.917 bits per heavy atom. The monoisotopic (exact) mass is 684 g/mol. The van der Waals surface area contributed by atoms with Gasteiger partial charge in [-0.2, -0.15) is 0 Å². The van der Waals surface area contributed by atoms with Gasteiger partial charge in [0.15, 0.2) is 0 Å². The molecule has 0 amide bonds. The van der Waals surface area contributed by atoms with Crippen LogP contribution < -0.4 is 0 Å². The van der Waals surface area contributed by atoms with E-state index < -0.39 is 64.7 Å². The van der Waals surface area contributed by atoms with Crippen molar-refractivity contribution in [2.24, 2.45) is 27.6 Å². The highest BCUT2D eigenvalue weighted by Crippen LogP contribution is 2.24. The van der Waals surface area contributed by atoms with E-state index in [1.807, 2.05) is 0 Å². The molecule has 3 N–H and O–H groups in total. The SMILES string of the molecule is CC(C)(CO)COC(=O)C(C)(C)COC(=O)c1cc(C(=O)O)cc(C(=O)OCC(C)(C)COC(=O)C(C)(C)CO)c1.CC(C)C.CCC. The zero-order chi connectivity index (χ0) is 38.1. The minimum absolute atomic E-state index is 0.0499. The molecule has 0 aliphatic rings. The Bertz CT molecular complexity index is 1190. The Morgan fingerprint density at radius 1 is 0.583 bits per heavy atom. The molecule has 0 aromatic heterocycles. The second kappa shape index (κ2) is 20.8. The molecular formula is C36H60O12. The minimum Gasteiger partial charge on any atom is -0.478 e. The zero-order valence-corrected chi connectivity index (χ0v) is 31.3. The van der Waals surface area contributed by atoms with Gasteiger partial charge in [0.1, 0.15) is 6.61 Å². The Hall–Kier alpha value is -3.51. The summed E-state index contributed by atoms with van der Waals surface area (Å²) in [5.41, 5.74) is -4.67. The summed E-state index contributed by atoms with van der Waals surface area (Å²) < 4.78 is 21.0. The second-order valence-corrected chi connectivity index (χ2v) is 15.3. The summed E-state index contributed by atoms with van der Waals surface area (Å²) in [6.07, 6.45) is 1.25. The van der Waals surface area contributed by atoms with Crippen LogP contribution in [0, 0.1) is 27.6 Å². The van der Waals surface area contributed by atoms with Crippen molar-refractivity contribution in [3.05, 3.63) is 34.9 Å². The number of ether oxygens (including phenoxy) is 4. The molecule has 1 aromatic carbocycles. The number of esters is 4. The fourth-order valence-corrected chi connectivity index (χ4v) is 2.78. The van der Waals surface area contributed by atoms with Gasteiger partial charge >= 0.3 is 29.8 Å². The van der Waals surface area contributed by atoms with Crippen molar-refractivity contribution in [3.8, 4) is 0 Å². The molecule has 12 heteroatoms. The first-order valence-corrected chi connectivity index (χ1v) is 16.1. The molecule has 0 unspecified atom stereocenters. The van der Waals surface area contributed by atoms with Crippen molar-refractivity contribution < 1.29 is 58.2 Å². The molecule has 1 aromatic rings. The Labute approximate surface area is 286 Å². The Kier molecular flexibility index (Phi) is 20.2. The predicted molar refractivity (Wildman–Crippen MR) is 182 cm³/mol. The van der Waals surface area contributed by atoms with E-state index in [0.717, 1.165) is 24.1 Å². The quantitative estimate of drug-likeness (QED) is 0.146. The van der Waals surface area contributed by atoms with Gasteiger partial charge in [0.2, 0.25) is 0 Å². The number of carbonyl (C=O) groups is 5. The van der Waals surface area contributed by atoms with E-state index in [9.17, 15) is 39.3 Å². The largest absolute Gasteiger partial charge is 0.478 e. The smallest absolute Gasteiger partial charge is 0.338 e. The van der Waals surface area contributed by atoms with Crippen LogP contribution in [0.25, 0.3) is 0 Å². The summed E-state index contributed by atoms with van der Waals surface area (Å²) >= 11 is 0. The fraction of sp³-hybridized carbons (Fsp3) is 0.694. The highest BCUT2D eigenvalue weighted by atomic mass is 16.6. The number of hydrogen-bond donors (Lipinski definition) is 3. The van der Waals surface area contributed by atoms with Gasteiger partial charge in [0.25, 0.3) is 0 Å². The first kappa shape index (κ1) is 46.6. The van der Waals surface area contributed by atoms with Crippen LogP contribution in [0.15, 0.2) is 18.2 Å². The van der Waals surface area contributed by atoms with E-state index in [-0.39, 0.29) is 43.1 Å². The first-order valence-electron chi connectivity index (χ1n) is 16.1. The van der Waals surface area contributed by atoms with Crippen LogP contribution in [0.3, 0.4) is 0 Å². The molecular weight excluding hydrogens is 624 g/mol. The molecule has 0 fully saturated rings. The lowest BCUT2D eigenvalue weighted by molar-refractivity contribution is -0.160. The number of hydrogen-bond acceptors (Lipinski definition) is 11. The lowest BCUT2D eigenvalue weighted by atomic mass is 9.93. The third-order valence-corrected chi connectivity index (χ3v) is 5.93. The molecule has 0 aliphatic heterocycles. The van der Waals surface area contributed by atoms with Gasteiger partial charge in [0.05, 0.1) is 60.6 Å². The van der Waals surface area contributed by atoms with Gasteiger partial charge in [-0.1, -0.05) is 68.7 Å². The van der Waals surface area contributed by atoms with Crippen LogP contribution in [0.2, 0.25) is 0 Å². The molecule has 12 nitrogen and oxygen atoms in total. The molecule has 0 atom stereocenters. The van der Waals surface area contributed by atoms with Gasteiger partial charge in [0, 0.05) is 10.8 Å². The summed E-state index contributed by atoms with van der Waals surface area (Å²) in [4.78, 5) is 61.8. The lowest BCUT2D eigenvalue weighted by Crippen LogP contribution is -2.35. The first-order chi connectivity index (χ1) is 21.8. The summed E-state index contributed by atoms with van der Waals surface area (Å²) in [6.45, 7) is 22.2. The van der Waals surface area contributed by atoms with Gasteiger partial charge < -0.3 is 34.3 Å². The maximum Gasteiger partial charge on any atom is 0.338 e. The number of benzene rings is 1. The van der Waals surface area contributed by atoms with Gasteiger partial charge in [-0.3, -0.25) is 9.59 Å². The second-order valence-electron chi connectivity index (χ2n) is 15.3. The van der Waals surface area contributed by atoms with E-state index in [4.69, 9.17) is 18.9 Å². The van der Waals surface area contributed by atoms with E-state index in [0.29, 0.717) is 0 Å². The Balaban J connectivity index is 0. The number of carboxylic acid groups (broad SMARTS) is 1. The van der Waals surface area contributed by atoms with Crippen molar-refractivity contribution in [3.63, 3.8) is 0 Å². The summed E-state index contributed by atoms with van der Waals surface area (Å²) in [6, 6.07) is 3.19. The van der Waals surface area contributed by atoms with Crippen molar-refractivity contribution >= 4 is 29.8 Å². The molecule has 0 radical (unpaired) electrons. The van der Waals surface area contributed by atoms with Gasteiger partial charge in [-0.15, -0.1) is 0 Å². The topological polar surface area (TPSA) is 183 Å². The van der Waals surface area contributed by atoms with Crippen molar-refractivity contribution in [1.29, 1.82) is 0 Å². The van der Waals surface area contributed by atoms with Crippen molar-refractivity contribution in [2.45, 2.75) is 96.4 Å². The molecule has 0 bridgehead atoms. The van der Waals surface area contributed by atoms with Crippen LogP contribution in [-0.4, -0.2) is 84.8 Å². The number of aliphatic hydroxyl groups is 2. The molecule has 0 heterocycles. The number of aromatic carboxylic acids is 1. The van der Waals surface area contributed by atoms with Crippen LogP contribution in [0.4, 0.5) is 0 Å². The number of carbonyl (C=O) groups excluding carboxylic acids is 4. The molecule has 1 rings (SSSR count). The molecule has 0 saturated carbocycles. The fourth-order valence-electron chi connectivity index (χ4n) is 2.78. The number of aliphatic hydroxyl groups excluding tert-OH is 2. The molecule has 276 valence electrons. The third kappa shape index (κ3) is 18.7. The standard InChI is InChI=1S/C29H42O12.C4H10.C3H8/c1-26(2,12-30)14-40-25(37)29(7,8)17-39-23(35)20-10-18(21(32)33)9-19(11-20)22(34)38-15-27(3,4)16-41-24(36)28(5,6)13-31;1-4(2)3;1-3-2/h9-11,30-31H,12-17H2,1-8H3,(H,32,33);4H,1-3H3;3H2,1-2H3. The highest BCUT2D eigenvalue weighted by Gasteiger charge is 2.34. The van der Waals surface area contributed by atoms with Crippen LogP contribution in [0.5, 0.6) is 0 Å². The number of carboxylic acids is 1. The average molecular weight is 685 g/mol. The normalized spacial score (nSPS) is 11.7. The number of rotatable bonds is 15.